The molecule has 0 saturated carbocycles. The van der Waals surface area contributed by atoms with E-state index in [1.165, 1.54) is 5.56 Å². The number of hydrogen-bond donors (Lipinski definition) is 2. The number of carbonyl (C=O) groups is 1. The minimum atomic E-state index is -1.36. The van der Waals surface area contributed by atoms with E-state index in [0.717, 1.165) is 16.7 Å². The second-order valence-corrected chi connectivity index (χ2v) is 4.34. The lowest BCUT2D eigenvalue weighted by molar-refractivity contribution is -0.110. The van der Waals surface area contributed by atoms with Gasteiger partial charge in [0, 0.05) is 5.57 Å². The molecule has 87 valence electrons. The third-order valence-corrected chi connectivity index (χ3v) is 2.62. The van der Waals surface area contributed by atoms with Gasteiger partial charge in [-0.05, 0) is 28.9 Å². The molecule has 2 aliphatic rings. The van der Waals surface area contributed by atoms with Crippen molar-refractivity contribution in [1.29, 1.82) is 0 Å². The summed E-state index contributed by atoms with van der Waals surface area (Å²) in [5.74, 6) is 0.110. The summed E-state index contributed by atoms with van der Waals surface area (Å²) in [7, 11) is 2.42. The van der Waals surface area contributed by atoms with E-state index < -0.39 is 6.71 Å². The van der Waals surface area contributed by atoms with Crippen LogP contribution in [0.1, 0.15) is 11.1 Å². The van der Waals surface area contributed by atoms with Gasteiger partial charge in [-0.2, -0.15) is 0 Å². The molecule has 0 aromatic heterocycles. The van der Waals surface area contributed by atoms with Gasteiger partial charge >= 0.3 is 6.71 Å². The molecule has 0 unspecified atom stereocenters. The molecule has 0 aliphatic heterocycles. The van der Waals surface area contributed by atoms with Gasteiger partial charge in [0.05, 0.1) is 10.1 Å². The number of carbonyl (C=O) groups excluding carboxylic acids is 1. The first-order chi connectivity index (χ1) is 8.59. The van der Waals surface area contributed by atoms with Gasteiger partial charge in [-0.1, -0.05) is 36.4 Å². The maximum atomic E-state index is 11.5. The average molecular weight is 253 g/mol. The van der Waals surface area contributed by atoms with E-state index in [-0.39, 0.29) is 5.78 Å². The van der Waals surface area contributed by atoms with Crippen LogP contribution in [0.25, 0.3) is 11.6 Å². The van der Waals surface area contributed by atoms with Crippen LogP contribution in [0.2, 0.25) is 0 Å². The van der Waals surface area contributed by atoms with Gasteiger partial charge in [0.15, 0.2) is 5.78 Å². The Labute approximate surface area is 109 Å². The molecule has 0 spiro atoms. The summed E-state index contributed by atoms with van der Waals surface area (Å²) in [5.41, 5.74) is 4.20. The summed E-state index contributed by atoms with van der Waals surface area (Å²) in [5, 5.41) is 15.0. The lowest BCUT2D eigenvalue weighted by Gasteiger charge is -2.06. The van der Waals surface area contributed by atoms with Gasteiger partial charge in [-0.3, -0.25) is 4.79 Å². The number of benzene rings is 1. The van der Waals surface area contributed by atoms with Crippen LogP contribution in [0.3, 0.4) is 0 Å². The normalized spacial score (nSPS) is 14.9. The van der Waals surface area contributed by atoms with Crippen LogP contribution < -0.4 is 0 Å². The minimum Gasteiger partial charge on any atom is -0.431 e. The average Bonchev–Trinajstić information content (AvgIpc) is 2.69. The van der Waals surface area contributed by atoms with Crippen molar-refractivity contribution in [3.63, 3.8) is 0 Å². The van der Waals surface area contributed by atoms with Gasteiger partial charge in [0.1, 0.15) is 0 Å². The van der Waals surface area contributed by atoms with E-state index in [1.54, 1.807) is 6.08 Å². The van der Waals surface area contributed by atoms with Crippen molar-refractivity contribution >= 4 is 34.3 Å². The van der Waals surface area contributed by atoms with Crippen molar-refractivity contribution in [2.75, 3.05) is 0 Å². The Bertz CT molecular complexity index is 571. The van der Waals surface area contributed by atoms with E-state index in [2.05, 4.69) is 16.2 Å². The monoisotopic (exact) mass is 253 g/mol. The van der Waals surface area contributed by atoms with E-state index >= 15 is 0 Å². The second-order valence-electron chi connectivity index (χ2n) is 3.82. The van der Waals surface area contributed by atoms with E-state index in [9.17, 15) is 4.79 Å². The molecule has 3 radical (unpaired) electrons. The van der Waals surface area contributed by atoms with Gasteiger partial charge in [-0.15, -0.1) is 0 Å². The van der Waals surface area contributed by atoms with Gasteiger partial charge in [0.25, 0.3) is 0 Å². The van der Waals surface area contributed by atoms with Crippen LogP contribution in [0, 0.1) is 0 Å². The molecule has 0 atom stereocenters. The predicted molar refractivity (Wildman–Crippen MR) is 72.5 cm³/mol. The Morgan fingerprint density at radius 2 is 1.78 bits per heavy atom. The van der Waals surface area contributed by atoms with Crippen LogP contribution in [0.4, 0.5) is 0 Å². The smallest absolute Gasteiger partial charge is 0.416 e. The Kier molecular flexibility index (Phi) is 3.76. The topological polar surface area (TPSA) is 57.5 Å². The van der Waals surface area contributed by atoms with Crippen molar-refractivity contribution in [2.24, 2.45) is 0 Å². The Morgan fingerprint density at radius 3 is 2.50 bits per heavy atom. The van der Waals surface area contributed by atoms with Gasteiger partial charge in [0.2, 0.25) is 0 Å². The minimum absolute atomic E-state index is 0.110. The molecule has 0 saturated heterocycles. The zero-order valence-electron chi connectivity index (χ0n) is 9.50. The second kappa shape index (κ2) is 5.31. The largest absolute Gasteiger partial charge is 0.431 e. The molecular formula is C13H10BO3Si. The summed E-state index contributed by atoms with van der Waals surface area (Å²) in [4.78, 5) is 11.5. The molecule has 5 heteroatoms. The van der Waals surface area contributed by atoms with Crippen LogP contribution in [0.15, 0.2) is 48.1 Å². The fourth-order valence-corrected chi connectivity index (χ4v) is 1.95. The van der Waals surface area contributed by atoms with E-state index in [4.69, 9.17) is 10.0 Å². The van der Waals surface area contributed by atoms with Crippen LogP contribution in [-0.4, -0.2) is 32.7 Å². The van der Waals surface area contributed by atoms with Crippen molar-refractivity contribution in [1.82, 2.24) is 0 Å². The molecule has 0 amide bonds. The van der Waals surface area contributed by atoms with Crippen molar-refractivity contribution < 1.29 is 14.8 Å². The SMILES string of the molecule is O=C1C=CC=C2C1=Cc1ccccc12.OB(O)[Si]. The zero-order valence-corrected chi connectivity index (χ0v) is 10.5. The molecule has 18 heavy (non-hydrogen) atoms. The summed E-state index contributed by atoms with van der Waals surface area (Å²) in [6.07, 6.45) is 7.39. The molecular weight excluding hydrogens is 243 g/mol. The Morgan fingerprint density at radius 1 is 1.11 bits per heavy atom. The number of fused-ring (bicyclic) bond motifs is 3. The number of allylic oxidation sites excluding steroid dienone is 5. The highest BCUT2D eigenvalue weighted by atomic mass is 28.1. The molecule has 2 N–H and O–H groups in total. The van der Waals surface area contributed by atoms with Crippen LogP contribution in [-0.2, 0) is 4.79 Å². The van der Waals surface area contributed by atoms with Crippen LogP contribution in [0.5, 0.6) is 0 Å². The molecule has 0 bridgehead atoms. The summed E-state index contributed by atoms with van der Waals surface area (Å²) in [6, 6.07) is 8.08. The first-order valence-electron chi connectivity index (χ1n) is 5.41. The highest BCUT2D eigenvalue weighted by Gasteiger charge is 2.23. The molecule has 1 aromatic rings. The number of hydrogen-bond acceptors (Lipinski definition) is 3. The highest BCUT2D eigenvalue weighted by Crippen LogP contribution is 2.37. The maximum absolute atomic E-state index is 11.5. The number of rotatable bonds is 0. The fourth-order valence-electron chi connectivity index (χ4n) is 1.95. The maximum Gasteiger partial charge on any atom is 0.416 e. The first-order valence-corrected chi connectivity index (χ1v) is 5.99. The summed E-state index contributed by atoms with van der Waals surface area (Å²) < 4.78 is 0. The molecule has 3 rings (SSSR count). The van der Waals surface area contributed by atoms with E-state index in [0.29, 0.717) is 0 Å². The quantitative estimate of drug-likeness (QED) is 0.670. The summed E-state index contributed by atoms with van der Waals surface area (Å²) in [6.45, 7) is -1.36. The molecule has 0 heterocycles. The van der Waals surface area contributed by atoms with E-state index in [1.807, 2.05) is 36.4 Å². The highest BCUT2D eigenvalue weighted by molar-refractivity contribution is 6.93. The van der Waals surface area contributed by atoms with Crippen molar-refractivity contribution in [3.8, 4) is 0 Å². The van der Waals surface area contributed by atoms with Gasteiger partial charge in [-0.25, -0.2) is 0 Å². The standard InChI is InChI=1S/C13H8O.BH2O2Si/c14-13-7-3-6-11-10-5-2-1-4-9(10)8-12(11)13;2-1(3)4/h1-8H;2-3H. The fraction of sp³-hybridized carbons (Fsp3) is 0. The third kappa shape index (κ3) is 2.59. The Hall–Kier alpha value is -1.69. The molecule has 1 aromatic carbocycles. The number of ketones is 1. The first kappa shape index (κ1) is 12.8. The Balaban J connectivity index is 0.000000267. The predicted octanol–water partition coefficient (Wildman–Crippen LogP) is 0.730. The zero-order chi connectivity index (χ0) is 13.1. The van der Waals surface area contributed by atoms with Gasteiger partial charge < -0.3 is 10.0 Å². The molecule has 2 aliphatic carbocycles. The summed E-state index contributed by atoms with van der Waals surface area (Å²) >= 11 is 0. The molecule has 3 nitrogen and oxygen atoms in total. The lowest BCUT2D eigenvalue weighted by Crippen LogP contribution is -2.08. The lowest BCUT2D eigenvalue weighted by atomic mass is 9.96. The molecule has 0 fully saturated rings. The van der Waals surface area contributed by atoms with Crippen LogP contribution >= 0.6 is 0 Å². The van der Waals surface area contributed by atoms with Crippen molar-refractivity contribution in [2.45, 2.75) is 0 Å². The van der Waals surface area contributed by atoms with Crippen molar-refractivity contribution in [3.05, 3.63) is 59.2 Å². The third-order valence-electron chi connectivity index (χ3n) is 2.62.